The molecule has 82 valence electrons. The van der Waals surface area contributed by atoms with Crippen molar-refractivity contribution in [3.8, 4) is 0 Å². The van der Waals surface area contributed by atoms with Crippen molar-refractivity contribution >= 4 is 17.3 Å². The van der Waals surface area contributed by atoms with Crippen LogP contribution in [0.3, 0.4) is 0 Å². The monoisotopic (exact) mass is 208 g/mol. The van der Waals surface area contributed by atoms with Crippen molar-refractivity contribution in [2.24, 2.45) is 5.73 Å². The van der Waals surface area contributed by atoms with Gasteiger partial charge in [-0.2, -0.15) is 0 Å². The molecule has 5 nitrogen and oxygen atoms in total. The molecule has 0 fully saturated rings. The molecule has 1 heterocycles. The van der Waals surface area contributed by atoms with Gasteiger partial charge in [-0.25, -0.2) is 0 Å². The van der Waals surface area contributed by atoms with Crippen molar-refractivity contribution < 1.29 is 4.79 Å². The zero-order valence-corrected chi connectivity index (χ0v) is 8.95. The number of amides is 1. The fourth-order valence-electron chi connectivity index (χ4n) is 1.40. The van der Waals surface area contributed by atoms with Crippen LogP contribution >= 0.6 is 0 Å². The summed E-state index contributed by atoms with van der Waals surface area (Å²) in [5.41, 5.74) is 11.7. The summed E-state index contributed by atoms with van der Waals surface area (Å²) in [7, 11) is 0. The van der Waals surface area contributed by atoms with Crippen molar-refractivity contribution in [3.63, 3.8) is 0 Å². The van der Waals surface area contributed by atoms with Crippen LogP contribution in [0.25, 0.3) is 0 Å². The molecule has 0 atom stereocenters. The number of carbonyl (C=O) groups is 1. The van der Waals surface area contributed by atoms with Crippen LogP contribution in [0, 0.1) is 0 Å². The minimum absolute atomic E-state index is 0.252. The Bertz CT molecular complexity index is 362. The first-order valence-electron chi connectivity index (χ1n) is 4.66. The van der Waals surface area contributed by atoms with Gasteiger partial charge >= 0.3 is 0 Å². The summed E-state index contributed by atoms with van der Waals surface area (Å²) < 4.78 is 0. The van der Waals surface area contributed by atoms with E-state index in [2.05, 4.69) is 10.3 Å². The molecular formula is C10H16N4O. The highest BCUT2D eigenvalue weighted by molar-refractivity contribution is 5.75. The van der Waals surface area contributed by atoms with E-state index in [1.165, 1.54) is 0 Å². The number of anilines is 2. The number of nitrogen functional groups attached to an aromatic ring is 1. The van der Waals surface area contributed by atoms with E-state index in [9.17, 15) is 4.79 Å². The number of carbonyl (C=O) groups excluding carboxylic acids is 1. The van der Waals surface area contributed by atoms with Gasteiger partial charge in [0.05, 0.1) is 17.6 Å². The molecule has 0 unspecified atom stereocenters. The topological polar surface area (TPSA) is 94.0 Å². The minimum Gasteiger partial charge on any atom is -0.397 e. The SMILES string of the molecule is CC(C)(CC(N)=O)Nc1cncc(N)c1. The second-order valence-electron chi connectivity index (χ2n) is 4.16. The molecule has 0 spiro atoms. The Balaban J connectivity index is 2.72. The maximum atomic E-state index is 10.8. The van der Waals surface area contributed by atoms with Gasteiger partial charge < -0.3 is 16.8 Å². The van der Waals surface area contributed by atoms with Crippen LogP contribution in [0.2, 0.25) is 0 Å². The van der Waals surface area contributed by atoms with E-state index in [4.69, 9.17) is 11.5 Å². The summed E-state index contributed by atoms with van der Waals surface area (Å²) in [4.78, 5) is 14.8. The summed E-state index contributed by atoms with van der Waals surface area (Å²) >= 11 is 0. The van der Waals surface area contributed by atoms with Crippen molar-refractivity contribution in [2.75, 3.05) is 11.1 Å². The average molecular weight is 208 g/mol. The average Bonchev–Trinajstić information content (AvgIpc) is 1.99. The standard InChI is InChI=1S/C10H16N4O/c1-10(2,4-9(12)15)14-8-3-7(11)5-13-6-8/h3,5-6,14H,4,11H2,1-2H3,(H2,12,15). The summed E-state index contributed by atoms with van der Waals surface area (Å²) in [6.07, 6.45) is 3.47. The molecule has 5 heteroatoms. The molecule has 0 saturated heterocycles. The summed E-state index contributed by atoms with van der Waals surface area (Å²) in [5.74, 6) is -0.343. The molecule has 15 heavy (non-hydrogen) atoms. The van der Waals surface area contributed by atoms with E-state index in [-0.39, 0.29) is 12.3 Å². The highest BCUT2D eigenvalue weighted by Crippen LogP contribution is 2.18. The Hall–Kier alpha value is -1.78. The third-order valence-corrected chi connectivity index (χ3v) is 1.86. The van der Waals surface area contributed by atoms with Crippen LogP contribution in [0.15, 0.2) is 18.5 Å². The Morgan fingerprint density at radius 2 is 2.20 bits per heavy atom. The van der Waals surface area contributed by atoms with E-state index in [1.54, 1.807) is 18.5 Å². The molecule has 0 saturated carbocycles. The quantitative estimate of drug-likeness (QED) is 0.679. The van der Waals surface area contributed by atoms with Crippen molar-refractivity contribution in [3.05, 3.63) is 18.5 Å². The zero-order chi connectivity index (χ0) is 11.5. The number of nitrogens with two attached hydrogens (primary N) is 2. The van der Waals surface area contributed by atoms with Gasteiger partial charge in [-0.1, -0.05) is 0 Å². The molecule has 5 N–H and O–H groups in total. The van der Waals surface area contributed by atoms with Gasteiger partial charge in [-0.15, -0.1) is 0 Å². The summed E-state index contributed by atoms with van der Waals surface area (Å²) in [6, 6.07) is 1.76. The van der Waals surface area contributed by atoms with Gasteiger partial charge in [0.25, 0.3) is 0 Å². The van der Waals surface area contributed by atoms with Gasteiger partial charge in [0.2, 0.25) is 5.91 Å². The van der Waals surface area contributed by atoms with Crippen LogP contribution in [0.1, 0.15) is 20.3 Å². The maximum absolute atomic E-state index is 10.8. The lowest BCUT2D eigenvalue weighted by Gasteiger charge is -2.25. The molecule has 1 amide bonds. The first kappa shape index (κ1) is 11.3. The lowest BCUT2D eigenvalue weighted by atomic mass is 10.00. The molecular weight excluding hydrogens is 192 g/mol. The van der Waals surface area contributed by atoms with E-state index in [1.807, 2.05) is 13.8 Å². The lowest BCUT2D eigenvalue weighted by molar-refractivity contribution is -0.118. The third kappa shape index (κ3) is 3.84. The fourth-order valence-corrected chi connectivity index (χ4v) is 1.40. The Morgan fingerprint density at radius 3 is 2.73 bits per heavy atom. The van der Waals surface area contributed by atoms with Gasteiger partial charge in [0, 0.05) is 18.2 Å². The van der Waals surface area contributed by atoms with Crippen LogP contribution in [0.4, 0.5) is 11.4 Å². The van der Waals surface area contributed by atoms with E-state index in [0.29, 0.717) is 5.69 Å². The van der Waals surface area contributed by atoms with Crippen molar-refractivity contribution in [1.82, 2.24) is 4.98 Å². The largest absolute Gasteiger partial charge is 0.397 e. The van der Waals surface area contributed by atoms with Gasteiger partial charge in [0.1, 0.15) is 0 Å². The number of primary amides is 1. The number of aromatic nitrogens is 1. The van der Waals surface area contributed by atoms with Gasteiger partial charge in [-0.05, 0) is 19.9 Å². The summed E-state index contributed by atoms with van der Waals surface area (Å²) in [5, 5.41) is 3.15. The smallest absolute Gasteiger partial charge is 0.219 e. The third-order valence-electron chi connectivity index (χ3n) is 1.86. The minimum atomic E-state index is -0.401. The van der Waals surface area contributed by atoms with Crippen LogP contribution in [0.5, 0.6) is 0 Å². The first-order valence-corrected chi connectivity index (χ1v) is 4.66. The first-order chi connectivity index (χ1) is 6.89. The van der Waals surface area contributed by atoms with Crippen LogP contribution < -0.4 is 16.8 Å². The zero-order valence-electron chi connectivity index (χ0n) is 8.95. The molecule has 0 aliphatic heterocycles. The highest BCUT2D eigenvalue weighted by atomic mass is 16.1. The second kappa shape index (κ2) is 4.16. The number of nitrogens with zero attached hydrogens (tertiary/aromatic N) is 1. The normalized spacial score (nSPS) is 11.1. The molecule has 1 aromatic rings. The van der Waals surface area contributed by atoms with Crippen molar-refractivity contribution in [2.45, 2.75) is 25.8 Å². The van der Waals surface area contributed by atoms with Crippen molar-refractivity contribution in [1.29, 1.82) is 0 Å². The number of hydrogen-bond acceptors (Lipinski definition) is 4. The number of hydrogen-bond donors (Lipinski definition) is 3. The van der Waals surface area contributed by atoms with E-state index in [0.717, 1.165) is 5.69 Å². The second-order valence-corrected chi connectivity index (χ2v) is 4.16. The predicted molar refractivity (Wildman–Crippen MR) is 60.2 cm³/mol. The Morgan fingerprint density at radius 1 is 1.53 bits per heavy atom. The molecule has 0 bridgehead atoms. The predicted octanol–water partition coefficient (Wildman–Crippen LogP) is 0.730. The molecule has 0 radical (unpaired) electrons. The highest BCUT2D eigenvalue weighted by Gasteiger charge is 2.20. The number of nitrogens with one attached hydrogen (secondary N) is 1. The molecule has 1 rings (SSSR count). The summed E-state index contributed by atoms with van der Waals surface area (Å²) in [6.45, 7) is 3.78. The lowest BCUT2D eigenvalue weighted by Crippen LogP contribution is -2.36. The van der Waals surface area contributed by atoms with Crippen LogP contribution in [-0.4, -0.2) is 16.4 Å². The van der Waals surface area contributed by atoms with Gasteiger partial charge in [-0.3, -0.25) is 9.78 Å². The fraction of sp³-hybridized carbons (Fsp3) is 0.400. The Labute approximate surface area is 88.9 Å². The molecule has 0 aliphatic carbocycles. The maximum Gasteiger partial charge on any atom is 0.219 e. The molecule has 0 aliphatic rings. The van der Waals surface area contributed by atoms with Crippen LogP contribution in [-0.2, 0) is 4.79 Å². The van der Waals surface area contributed by atoms with E-state index < -0.39 is 5.54 Å². The molecule has 1 aromatic heterocycles. The Kier molecular flexibility index (Phi) is 3.14. The number of pyridine rings is 1. The molecule has 0 aromatic carbocycles. The number of rotatable bonds is 4. The van der Waals surface area contributed by atoms with Gasteiger partial charge in [0.15, 0.2) is 0 Å². The van der Waals surface area contributed by atoms with E-state index >= 15 is 0 Å².